The van der Waals surface area contributed by atoms with Crippen molar-refractivity contribution in [3.63, 3.8) is 0 Å². The predicted molar refractivity (Wildman–Crippen MR) is 120 cm³/mol. The van der Waals surface area contributed by atoms with Gasteiger partial charge in [0, 0.05) is 11.1 Å². The molecule has 7 nitrogen and oxygen atoms in total. The van der Waals surface area contributed by atoms with E-state index in [1.54, 1.807) is 36.4 Å². The third kappa shape index (κ3) is 3.25. The first-order chi connectivity index (χ1) is 16.1. The highest BCUT2D eigenvalue weighted by Gasteiger charge is 2.56. The fourth-order valence-electron chi connectivity index (χ4n) is 4.11. The Kier molecular flexibility index (Phi) is 4.29. The van der Waals surface area contributed by atoms with Crippen molar-refractivity contribution in [3.05, 3.63) is 90.5 Å². The summed E-state index contributed by atoms with van der Waals surface area (Å²) in [5, 5.41) is 32.3. The van der Waals surface area contributed by atoms with Gasteiger partial charge < -0.3 is 19.2 Å². The molecule has 0 spiro atoms. The molecule has 1 saturated carbocycles. The lowest BCUT2D eigenvalue weighted by Crippen LogP contribution is -2.09. The minimum Gasteiger partial charge on any atom is -0.508 e. The Balaban J connectivity index is 1.47. The maximum atomic E-state index is 9.71. The number of aromatic hydroxyl groups is 2. The lowest BCUT2D eigenvalue weighted by molar-refractivity contribution is 0.345. The van der Waals surface area contributed by atoms with Crippen molar-refractivity contribution >= 4 is 0 Å². The zero-order valence-corrected chi connectivity index (χ0v) is 17.5. The number of nitrogens with zero attached hydrogens (tertiary/aromatic N) is 3. The second-order valence-electron chi connectivity index (χ2n) is 8.19. The summed E-state index contributed by atoms with van der Waals surface area (Å²) < 4.78 is 12.1. The Bertz CT molecular complexity index is 1420. The SMILES string of the molecule is Oc1ccc(-c2nnc(C3(c4onc(-c5ccc(O)cc5)c4-c4ccccc4)CC3)o2)cc1. The Hall–Kier alpha value is -4.39. The summed E-state index contributed by atoms with van der Waals surface area (Å²) in [7, 11) is 0. The Morgan fingerprint density at radius 1 is 0.697 bits per heavy atom. The quantitative estimate of drug-likeness (QED) is 0.371. The van der Waals surface area contributed by atoms with Crippen molar-refractivity contribution in [1.82, 2.24) is 15.4 Å². The highest BCUT2D eigenvalue weighted by molar-refractivity contribution is 5.83. The van der Waals surface area contributed by atoms with Gasteiger partial charge in [-0.1, -0.05) is 35.5 Å². The first kappa shape index (κ1) is 19.3. The van der Waals surface area contributed by atoms with Gasteiger partial charge in [-0.25, -0.2) is 0 Å². The minimum atomic E-state index is -0.546. The molecule has 1 aliphatic carbocycles. The van der Waals surface area contributed by atoms with Crippen molar-refractivity contribution in [2.45, 2.75) is 18.3 Å². The molecule has 5 aromatic rings. The summed E-state index contributed by atoms with van der Waals surface area (Å²) in [4.78, 5) is 0. The third-order valence-corrected chi connectivity index (χ3v) is 6.03. The van der Waals surface area contributed by atoms with E-state index in [-0.39, 0.29) is 11.5 Å². The molecule has 0 amide bonds. The zero-order chi connectivity index (χ0) is 22.4. The van der Waals surface area contributed by atoms with Gasteiger partial charge in [0.2, 0.25) is 11.8 Å². The first-order valence-electron chi connectivity index (χ1n) is 10.6. The van der Waals surface area contributed by atoms with Gasteiger partial charge >= 0.3 is 0 Å². The van der Waals surface area contributed by atoms with Gasteiger partial charge in [0.1, 0.15) is 22.6 Å². The number of hydrogen-bond acceptors (Lipinski definition) is 7. The molecule has 0 atom stereocenters. The summed E-state index contributed by atoms with van der Waals surface area (Å²) in [5.74, 6) is 1.92. The van der Waals surface area contributed by atoms with Crippen LogP contribution in [0.1, 0.15) is 24.5 Å². The highest BCUT2D eigenvalue weighted by atomic mass is 16.5. The normalized spacial score (nSPS) is 14.3. The van der Waals surface area contributed by atoms with E-state index >= 15 is 0 Å². The van der Waals surface area contributed by atoms with E-state index in [0.29, 0.717) is 23.2 Å². The van der Waals surface area contributed by atoms with E-state index < -0.39 is 5.41 Å². The molecule has 1 aliphatic rings. The standard InChI is InChI=1S/C26H19N3O4/c30-19-10-6-17(7-11-19)22-21(16-4-2-1-3-5-16)23(33-29-22)26(14-15-26)25-28-27-24(32-25)18-8-12-20(31)13-9-18/h1-13,30-31H,14-15H2. The number of aromatic nitrogens is 3. The molecule has 7 heteroatoms. The van der Waals surface area contributed by atoms with Crippen LogP contribution in [0.5, 0.6) is 11.5 Å². The topological polar surface area (TPSA) is 105 Å². The molecule has 162 valence electrons. The Morgan fingerprint density at radius 3 is 1.97 bits per heavy atom. The van der Waals surface area contributed by atoms with Crippen LogP contribution in [0.4, 0.5) is 0 Å². The molecule has 6 rings (SSSR count). The summed E-state index contributed by atoms with van der Waals surface area (Å²) in [5.41, 5.74) is 3.57. The van der Waals surface area contributed by atoms with E-state index in [2.05, 4.69) is 15.4 Å². The molecule has 0 saturated heterocycles. The summed E-state index contributed by atoms with van der Waals surface area (Å²) >= 11 is 0. The average molecular weight is 437 g/mol. The van der Waals surface area contributed by atoms with E-state index in [4.69, 9.17) is 8.94 Å². The third-order valence-electron chi connectivity index (χ3n) is 6.03. The van der Waals surface area contributed by atoms with Crippen LogP contribution < -0.4 is 0 Å². The second kappa shape index (κ2) is 7.34. The molecule has 2 aromatic heterocycles. The number of phenols is 2. The largest absolute Gasteiger partial charge is 0.508 e. The summed E-state index contributed by atoms with van der Waals surface area (Å²) in [6, 6.07) is 23.5. The Labute approximate surface area is 189 Å². The van der Waals surface area contributed by atoms with Crippen LogP contribution in [0.3, 0.4) is 0 Å². The van der Waals surface area contributed by atoms with Gasteiger partial charge in [0.25, 0.3) is 0 Å². The van der Waals surface area contributed by atoms with Crippen molar-refractivity contribution in [2.75, 3.05) is 0 Å². The van der Waals surface area contributed by atoms with E-state index in [1.165, 1.54) is 0 Å². The Morgan fingerprint density at radius 2 is 1.33 bits per heavy atom. The fourth-order valence-corrected chi connectivity index (χ4v) is 4.11. The van der Waals surface area contributed by atoms with Crippen molar-refractivity contribution in [1.29, 1.82) is 0 Å². The lowest BCUT2D eigenvalue weighted by Gasteiger charge is -2.10. The van der Waals surface area contributed by atoms with Gasteiger partial charge in [-0.2, -0.15) is 0 Å². The van der Waals surface area contributed by atoms with Gasteiger partial charge in [-0.05, 0) is 66.9 Å². The second-order valence-corrected chi connectivity index (χ2v) is 8.19. The molecular weight excluding hydrogens is 418 g/mol. The van der Waals surface area contributed by atoms with E-state index in [1.807, 2.05) is 42.5 Å². The number of rotatable bonds is 5. The molecule has 3 aromatic carbocycles. The van der Waals surface area contributed by atoms with Gasteiger partial charge in [0.05, 0.1) is 5.56 Å². The first-order valence-corrected chi connectivity index (χ1v) is 10.6. The van der Waals surface area contributed by atoms with Crippen LogP contribution in [0.25, 0.3) is 33.8 Å². The molecular formula is C26H19N3O4. The minimum absolute atomic E-state index is 0.174. The zero-order valence-electron chi connectivity index (χ0n) is 17.5. The van der Waals surface area contributed by atoms with Crippen molar-refractivity contribution in [2.24, 2.45) is 0 Å². The van der Waals surface area contributed by atoms with Crippen LogP contribution in [-0.4, -0.2) is 25.6 Å². The summed E-state index contributed by atoms with van der Waals surface area (Å²) in [6.07, 6.45) is 1.60. The van der Waals surface area contributed by atoms with Gasteiger partial charge in [-0.3, -0.25) is 0 Å². The van der Waals surface area contributed by atoms with Crippen LogP contribution in [0.15, 0.2) is 87.8 Å². The number of phenolic OH excluding ortho intramolecular Hbond substituents is 2. The molecule has 0 unspecified atom stereocenters. The predicted octanol–water partition coefficient (Wildman–Crippen LogP) is 5.55. The molecule has 2 N–H and O–H groups in total. The van der Waals surface area contributed by atoms with Crippen LogP contribution >= 0.6 is 0 Å². The molecule has 33 heavy (non-hydrogen) atoms. The van der Waals surface area contributed by atoms with Crippen molar-refractivity contribution < 1.29 is 19.2 Å². The lowest BCUT2D eigenvalue weighted by atomic mass is 9.92. The van der Waals surface area contributed by atoms with Crippen LogP contribution in [0, 0.1) is 0 Å². The smallest absolute Gasteiger partial charge is 0.247 e. The monoisotopic (exact) mass is 437 g/mol. The highest BCUT2D eigenvalue weighted by Crippen LogP contribution is 2.57. The van der Waals surface area contributed by atoms with Crippen LogP contribution in [0.2, 0.25) is 0 Å². The molecule has 0 aliphatic heterocycles. The molecule has 0 bridgehead atoms. The van der Waals surface area contributed by atoms with E-state index in [0.717, 1.165) is 35.1 Å². The van der Waals surface area contributed by atoms with Crippen molar-refractivity contribution in [3.8, 4) is 45.3 Å². The van der Waals surface area contributed by atoms with Gasteiger partial charge in [0.15, 0.2) is 5.76 Å². The van der Waals surface area contributed by atoms with Gasteiger partial charge in [-0.15, -0.1) is 10.2 Å². The maximum Gasteiger partial charge on any atom is 0.247 e. The molecule has 2 heterocycles. The number of benzene rings is 3. The number of hydrogen-bond donors (Lipinski definition) is 2. The summed E-state index contributed by atoms with van der Waals surface area (Å²) in [6.45, 7) is 0. The molecule has 1 fully saturated rings. The fraction of sp³-hybridized carbons (Fsp3) is 0.115. The maximum absolute atomic E-state index is 9.71. The molecule has 0 radical (unpaired) electrons. The van der Waals surface area contributed by atoms with Crippen LogP contribution in [-0.2, 0) is 5.41 Å². The van der Waals surface area contributed by atoms with E-state index in [9.17, 15) is 10.2 Å². The average Bonchev–Trinajstić information content (AvgIpc) is 3.28.